The van der Waals surface area contributed by atoms with Crippen molar-refractivity contribution in [2.45, 2.75) is 37.2 Å². The first-order chi connectivity index (χ1) is 12.4. The number of sulfonamides is 1. The average Bonchev–Trinajstić information content (AvgIpc) is 3.43. The first-order valence-electron chi connectivity index (χ1n) is 8.29. The minimum Gasteiger partial charge on any atom is -0.380 e. The first-order valence-corrected chi connectivity index (χ1v) is 9.77. The van der Waals surface area contributed by atoms with Crippen LogP contribution in [0.2, 0.25) is 0 Å². The van der Waals surface area contributed by atoms with Gasteiger partial charge in [0.25, 0.3) is 0 Å². The second kappa shape index (κ2) is 7.28. The summed E-state index contributed by atoms with van der Waals surface area (Å²) >= 11 is 0. The van der Waals surface area contributed by atoms with Crippen LogP contribution in [-0.2, 0) is 16.6 Å². The first kappa shape index (κ1) is 18.1. The van der Waals surface area contributed by atoms with Crippen LogP contribution < -0.4 is 10.0 Å². The van der Waals surface area contributed by atoms with E-state index >= 15 is 0 Å². The number of rotatable bonds is 7. The van der Waals surface area contributed by atoms with E-state index in [4.69, 9.17) is 0 Å². The van der Waals surface area contributed by atoms with Gasteiger partial charge in [0.15, 0.2) is 5.78 Å². The van der Waals surface area contributed by atoms with Crippen molar-refractivity contribution in [1.82, 2.24) is 4.72 Å². The lowest BCUT2D eigenvalue weighted by Crippen LogP contribution is -2.25. The summed E-state index contributed by atoms with van der Waals surface area (Å²) in [6.45, 7) is 1.88. The third kappa shape index (κ3) is 4.28. The largest absolute Gasteiger partial charge is 0.380 e. The fourth-order valence-corrected chi connectivity index (χ4v) is 3.78. The maximum atomic E-state index is 12.2. The van der Waals surface area contributed by atoms with Crippen molar-refractivity contribution in [3.63, 3.8) is 0 Å². The molecule has 0 amide bonds. The van der Waals surface area contributed by atoms with Crippen LogP contribution in [0.5, 0.6) is 0 Å². The van der Waals surface area contributed by atoms with Gasteiger partial charge in [0.1, 0.15) is 6.07 Å². The van der Waals surface area contributed by atoms with Crippen LogP contribution in [0.15, 0.2) is 47.4 Å². The van der Waals surface area contributed by atoms with Crippen LogP contribution in [0.25, 0.3) is 0 Å². The lowest BCUT2D eigenvalue weighted by molar-refractivity contribution is 0.101. The molecule has 1 saturated carbocycles. The van der Waals surface area contributed by atoms with Gasteiger partial charge in [-0.2, -0.15) is 5.26 Å². The van der Waals surface area contributed by atoms with Gasteiger partial charge in [-0.3, -0.25) is 4.79 Å². The van der Waals surface area contributed by atoms with E-state index in [-0.39, 0.29) is 16.7 Å². The Morgan fingerprint density at radius 2 is 1.88 bits per heavy atom. The molecule has 0 unspecified atom stereocenters. The molecule has 3 rings (SSSR count). The number of carbonyl (C=O) groups excluding carboxylic acids is 1. The van der Waals surface area contributed by atoms with E-state index in [1.165, 1.54) is 6.92 Å². The number of nitrogens with zero attached hydrogens (tertiary/aromatic N) is 1. The Morgan fingerprint density at radius 3 is 2.46 bits per heavy atom. The monoisotopic (exact) mass is 369 g/mol. The predicted octanol–water partition coefficient (Wildman–Crippen LogP) is 2.81. The molecule has 2 N–H and O–H groups in total. The third-order valence-corrected chi connectivity index (χ3v) is 5.70. The van der Waals surface area contributed by atoms with Gasteiger partial charge in [-0.15, -0.1) is 0 Å². The van der Waals surface area contributed by atoms with Crippen LogP contribution in [0.3, 0.4) is 0 Å². The molecule has 0 saturated heterocycles. The number of anilines is 1. The summed E-state index contributed by atoms with van der Waals surface area (Å²) in [7, 11) is -3.46. The number of ketones is 1. The fourth-order valence-electron chi connectivity index (χ4n) is 2.48. The standard InChI is InChI=1S/C19H19N3O3S/c1-13(23)15-4-5-16(11-20)19(10-15)21-12-14-2-8-18(9-3-14)26(24,25)22-17-6-7-17/h2-5,8-10,17,21-22H,6-7,12H2,1H3. The Morgan fingerprint density at radius 1 is 1.19 bits per heavy atom. The summed E-state index contributed by atoms with van der Waals surface area (Å²) in [5.74, 6) is -0.0738. The number of nitriles is 1. The molecule has 1 fully saturated rings. The van der Waals surface area contributed by atoms with E-state index in [0.717, 1.165) is 18.4 Å². The Balaban J connectivity index is 1.71. The van der Waals surface area contributed by atoms with Crippen molar-refractivity contribution in [3.8, 4) is 6.07 Å². The average molecular weight is 369 g/mol. The highest BCUT2D eigenvalue weighted by Crippen LogP contribution is 2.23. The molecule has 0 aromatic heterocycles. The van der Waals surface area contributed by atoms with Crippen LogP contribution >= 0.6 is 0 Å². The van der Waals surface area contributed by atoms with E-state index in [1.54, 1.807) is 42.5 Å². The van der Waals surface area contributed by atoms with Gasteiger partial charge >= 0.3 is 0 Å². The topological polar surface area (TPSA) is 99.1 Å². The van der Waals surface area contributed by atoms with Crippen molar-refractivity contribution >= 4 is 21.5 Å². The summed E-state index contributed by atoms with van der Waals surface area (Å²) in [6.07, 6.45) is 1.78. The predicted molar refractivity (Wildman–Crippen MR) is 98.3 cm³/mol. The van der Waals surface area contributed by atoms with E-state index in [9.17, 15) is 18.5 Å². The summed E-state index contributed by atoms with van der Waals surface area (Å²) in [5, 5.41) is 12.3. The van der Waals surface area contributed by atoms with Gasteiger partial charge in [-0.05, 0) is 55.7 Å². The fraction of sp³-hybridized carbons (Fsp3) is 0.263. The van der Waals surface area contributed by atoms with Crippen molar-refractivity contribution < 1.29 is 13.2 Å². The molecule has 0 spiro atoms. The Bertz CT molecular complexity index is 972. The van der Waals surface area contributed by atoms with Gasteiger partial charge < -0.3 is 5.32 Å². The molecule has 1 aliphatic rings. The summed E-state index contributed by atoms with van der Waals surface area (Å²) in [5.41, 5.74) is 2.42. The Hall–Kier alpha value is -2.69. The minimum atomic E-state index is -3.46. The van der Waals surface area contributed by atoms with Crippen molar-refractivity contribution in [3.05, 3.63) is 59.2 Å². The lowest BCUT2D eigenvalue weighted by atomic mass is 10.1. The molecular weight excluding hydrogens is 350 g/mol. The molecule has 0 heterocycles. The quantitative estimate of drug-likeness (QED) is 0.731. The highest BCUT2D eigenvalue weighted by Gasteiger charge is 2.27. The second-order valence-electron chi connectivity index (χ2n) is 6.32. The van der Waals surface area contributed by atoms with Crippen molar-refractivity contribution in [2.75, 3.05) is 5.32 Å². The van der Waals surface area contributed by atoms with Crippen molar-refractivity contribution in [2.24, 2.45) is 0 Å². The van der Waals surface area contributed by atoms with Gasteiger partial charge in [0, 0.05) is 18.2 Å². The number of benzene rings is 2. The molecule has 1 aliphatic carbocycles. The summed E-state index contributed by atoms with van der Waals surface area (Å²) in [4.78, 5) is 11.8. The number of nitrogens with one attached hydrogen (secondary N) is 2. The zero-order chi connectivity index (χ0) is 18.7. The molecule has 26 heavy (non-hydrogen) atoms. The van der Waals surface area contributed by atoms with E-state index in [0.29, 0.717) is 23.4 Å². The third-order valence-electron chi connectivity index (χ3n) is 4.16. The smallest absolute Gasteiger partial charge is 0.240 e. The number of hydrogen-bond acceptors (Lipinski definition) is 5. The maximum Gasteiger partial charge on any atom is 0.240 e. The molecule has 134 valence electrons. The molecule has 0 atom stereocenters. The molecule has 0 radical (unpaired) electrons. The van der Waals surface area contributed by atoms with E-state index in [2.05, 4.69) is 16.1 Å². The lowest BCUT2D eigenvalue weighted by Gasteiger charge is -2.11. The second-order valence-corrected chi connectivity index (χ2v) is 8.04. The highest BCUT2D eigenvalue weighted by molar-refractivity contribution is 7.89. The SMILES string of the molecule is CC(=O)c1ccc(C#N)c(NCc2ccc(S(=O)(=O)NC3CC3)cc2)c1. The molecule has 7 heteroatoms. The van der Waals surface area contributed by atoms with Gasteiger partial charge in [-0.25, -0.2) is 13.1 Å². The zero-order valence-electron chi connectivity index (χ0n) is 14.3. The van der Waals surface area contributed by atoms with Crippen LogP contribution in [0, 0.1) is 11.3 Å². The van der Waals surface area contributed by atoms with Crippen LogP contribution in [0.4, 0.5) is 5.69 Å². The molecule has 2 aromatic rings. The van der Waals surface area contributed by atoms with Gasteiger partial charge in [-0.1, -0.05) is 12.1 Å². The normalized spacial score (nSPS) is 13.8. The van der Waals surface area contributed by atoms with E-state index in [1.807, 2.05) is 0 Å². The zero-order valence-corrected chi connectivity index (χ0v) is 15.1. The molecule has 6 nitrogen and oxygen atoms in total. The minimum absolute atomic E-state index is 0.0688. The number of hydrogen-bond donors (Lipinski definition) is 2. The van der Waals surface area contributed by atoms with Gasteiger partial charge in [0.05, 0.1) is 16.1 Å². The van der Waals surface area contributed by atoms with Crippen LogP contribution in [-0.4, -0.2) is 20.2 Å². The van der Waals surface area contributed by atoms with E-state index < -0.39 is 10.0 Å². The highest BCUT2D eigenvalue weighted by atomic mass is 32.2. The summed E-state index contributed by atoms with van der Waals surface area (Å²) < 4.78 is 27.0. The maximum absolute atomic E-state index is 12.2. The Kier molecular flexibility index (Phi) is 5.07. The number of Topliss-reactive ketones (excluding diaryl/α,β-unsaturated/α-hetero) is 1. The molecule has 2 aromatic carbocycles. The van der Waals surface area contributed by atoms with Crippen LogP contribution in [0.1, 0.15) is 41.3 Å². The van der Waals surface area contributed by atoms with Gasteiger partial charge in [0.2, 0.25) is 10.0 Å². The molecule has 0 aliphatic heterocycles. The molecular formula is C19H19N3O3S. The van der Waals surface area contributed by atoms with Crippen molar-refractivity contribution in [1.29, 1.82) is 5.26 Å². The number of carbonyl (C=O) groups is 1. The molecule has 0 bridgehead atoms. The Labute approximate surface area is 152 Å². The summed E-state index contributed by atoms with van der Waals surface area (Å²) in [6, 6.07) is 13.6.